The second-order valence-electron chi connectivity index (χ2n) is 5.78. The van der Waals surface area contributed by atoms with Gasteiger partial charge in [-0.05, 0) is 49.1 Å². The van der Waals surface area contributed by atoms with Crippen LogP contribution in [0.25, 0.3) is 0 Å². The van der Waals surface area contributed by atoms with E-state index >= 15 is 0 Å². The molecule has 0 saturated heterocycles. The number of carbonyl (C=O) groups is 1. The fraction of sp³-hybridized carbons (Fsp3) is 0.316. The Kier molecular flexibility index (Phi) is 6.76. The molecule has 2 rings (SSSR count). The Labute approximate surface area is 154 Å². The van der Waals surface area contributed by atoms with Crippen LogP contribution in [0.4, 0.5) is 0 Å². The number of rotatable bonds is 8. The van der Waals surface area contributed by atoms with Gasteiger partial charge in [-0.25, -0.2) is 17.9 Å². The Morgan fingerprint density at radius 1 is 1.12 bits per heavy atom. The van der Waals surface area contributed by atoms with Crippen molar-refractivity contribution in [3.05, 3.63) is 59.2 Å². The summed E-state index contributed by atoms with van der Waals surface area (Å²) in [5, 5.41) is 0. The van der Waals surface area contributed by atoms with Gasteiger partial charge in [-0.3, -0.25) is 0 Å². The first-order chi connectivity index (χ1) is 12.4. The first-order valence-electron chi connectivity index (χ1n) is 8.19. The largest absolute Gasteiger partial charge is 0.496 e. The van der Waals surface area contributed by atoms with Gasteiger partial charge in [-0.15, -0.1) is 0 Å². The number of benzene rings is 2. The maximum absolute atomic E-state index is 12.5. The van der Waals surface area contributed by atoms with Gasteiger partial charge in [0.1, 0.15) is 5.75 Å². The number of nitrogens with one attached hydrogen (secondary N) is 1. The minimum Gasteiger partial charge on any atom is -0.496 e. The molecule has 2 aromatic rings. The number of methoxy groups -OCH3 is 2. The maximum atomic E-state index is 12.5. The van der Waals surface area contributed by atoms with Gasteiger partial charge in [0, 0.05) is 6.54 Å². The normalized spacial score (nSPS) is 11.2. The number of hydrogen-bond acceptors (Lipinski definition) is 5. The van der Waals surface area contributed by atoms with Crippen LogP contribution >= 0.6 is 0 Å². The van der Waals surface area contributed by atoms with Crippen molar-refractivity contribution in [1.82, 2.24) is 4.72 Å². The minimum atomic E-state index is -3.70. The number of hydrogen-bond donors (Lipinski definition) is 1. The molecule has 0 spiro atoms. The van der Waals surface area contributed by atoms with Crippen LogP contribution in [0.5, 0.6) is 5.75 Å². The first kappa shape index (κ1) is 19.9. The second kappa shape index (κ2) is 8.82. The molecule has 2 aromatic carbocycles. The number of carbonyl (C=O) groups excluding carboxylic acids is 1. The van der Waals surface area contributed by atoms with E-state index in [1.54, 1.807) is 20.1 Å². The van der Waals surface area contributed by atoms with Crippen LogP contribution in [-0.2, 0) is 21.2 Å². The summed E-state index contributed by atoms with van der Waals surface area (Å²) in [6.45, 7) is 2.01. The average Bonchev–Trinajstić information content (AvgIpc) is 2.65. The van der Waals surface area contributed by atoms with E-state index in [9.17, 15) is 13.2 Å². The van der Waals surface area contributed by atoms with Crippen LogP contribution in [0.3, 0.4) is 0 Å². The van der Waals surface area contributed by atoms with Gasteiger partial charge >= 0.3 is 5.97 Å². The summed E-state index contributed by atoms with van der Waals surface area (Å²) in [4.78, 5) is 11.8. The summed E-state index contributed by atoms with van der Waals surface area (Å²) in [7, 11) is -0.829. The SMILES string of the molecule is COC(=O)c1cc(S(=O)(=O)NCCCc2ccccc2OC)ccc1C. The molecular weight excluding hydrogens is 354 g/mol. The number of aryl methyl sites for hydroxylation is 2. The molecule has 0 fully saturated rings. The Bertz CT molecular complexity index is 877. The average molecular weight is 377 g/mol. The van der Waals surface area contributed by atoms with Crippen LogP contribution in [0.1, 0.15) is 27.9 Å². The molecule has 0 aliphatic rings. The molecule has 26 heavy (non-hydrogen) atoms. The van der Waals surface area contributed by atoms with E-state index in [0.29, 0.717) is 18.4 Å². The fourth-order valence-electron chi connectivity index (χ4n) is 2.58. The third-order valence-electron chi connectivity index (χ3n) is 4.03. The lowest BCUT2D eigenvalue weighted by Gasteiger charge is -2.11. The molecule has 0 saturated carbocycles. The Balaban J connectivity index is 2.02. The van der Waals surface area contributed by atoms with Gasteiger partial charge in [0.15, 0.2) is 0 Å². The Hall–Kier alpha value is -2.38. The van der Waals surface area contributed by atoms with E-state index in [1.165, 1.54) is 19.2 Å². The summed E-state index contributed by atoms with van der Waals surface area (Å²) >= 11 is 0. The first-order valence-corrected chi connectivity index (χ1v) is 9.68. The van der Waals surface area contributed by atoms with Gasteiger partial charge < -0.3 is 9.47 Å². The standard InChI is InChI=1S/C19H23NO5S/c1-14-10-11-16(13-17(14)19(21)25-3)26(22,23)20-12-6-8-15-7-4-5-9-18(15)24-2/h4-5,7,9-11,13,20H,6,8,12H2,1-3H3. The highest BCUT2D eigenvalue weighted by Gasteiger charge is 2.18. The molecule has 0 heterocycles. The highest BCUT2D eigenvalue weighted by molar-refractivity contribution is 7.89. The lowest BCUT2D eigenvalue weighted by molar-refractivity contribution is 0.0599. The van der Waals surface area contributed by atoms with Crippen LogP contribution < -0.4 is 9.46 Å². The van der Waals surface area contributed by atoms with Crippen LogP contribution in [0, 0.1) is 6.92 Å². The van der Waals surface area contributed by atoms with Crippen LogP contribution in [0.15, 0.2) is 47.4 Å². The van der Waals surface area contributed by atoms with Crippen molar-refractivity contribution in [3.63, 3.8) is 0 Å². The summed E-state index contributed by atoms with van der Waals surface area (Å²) in [6.07, 6.45) is 1.31. The van der Waals surface area contributed by atoms with Crippen molar-refractivity contribution in [2.24, 2.45) is 0 Å². The van der Waals surface area contributed by atoms with Gasteiger partial charge in [0.25, 0.3) is 0 Å². The highest BCUT2D eigenvalue weighted by atomic mass is 32.2. The number of esters is 1. The Morgan fingerprint density at radius 3 is 2.54 bits per heavy atom. The van der Waals surface area contributed by atoms with E-state index in [-0.39, 0.29) is 17.0 Å². The molecule has 0 bridgehead atoms. The van der Waals surface area contributed by atoms with Crippen molar-refractivity contribution in [2.45, 2.75) is 24.7 Å². The minimum absolute atomic E-state index is 0.0424. The Morgan fingerprint density at radius 2 is 1.85 bits per heavy atom. The third kappa shape index (κ3) is 4.83. The summed E-state index contributed by atoms with van der Waals surface area (Å²) in [5.41, 5.74) is 1.92. The van der Waals surface area contributed by atoms with Crippen molar-refractivity contribution in [3.8, 4) is 5.75 Å². The monoisotopic (exact) mass is 377 g/mol. The maximum Gasteiger partial charge on any atom is 0.338 e. The molecule has 0 aliphatic carbocycles. The molecule has 0 aromatic heterocycles. The second-order valence-corrected chi connectivity index (χ2v) is 7.55. The van der Waals surface area contributed by atoms with Crippen molar-refractivity contribution in [2.75, 3.05) is 20.8 Å². The van der Waals surface area contributed by atoms with E-state index < -0.39 is 16.0 Å². The topological polar surface area (TPSA) is 81.7 Å². The molecular formula is C19H23NO5S. The zero-order valence-electron chi connectivity index (χ0n) is 15.1. The van der Waals surface area contributed by atoms with E-state index in [1.807, 2.05) is 24.3 Å². The third-order valence-corrected chi connectivity index (χ3v) is 5.49. The molecule has 0 aliphatic heterocycles. The van der Waals surface area contributed by atoms with Crippen molar-refractivity contribution >= 4 is 16.0 Å². The van der Waals surface area contributed by atoms with Crippen molar-refractivity contribution in [1.29, 1.82) is 0 Å². The van der Waals surface area contributed by atoms with Crippen LogP contribution in [-0.4, -0.2) is 35.2 Å². The van der Waals surface area contributed by atoms with Crippen molar-refractivity contribution < 1.29 is 22.7 Å². The summed E-state index contributed by atoms with van der Waals surface area (Å²) in [5.74, 6) is 0.229. The van der Waals surface area contributed by atoms with Gasteiger partial charge in [-0.1, -0.05) is 24.3 Å². The quantitative estimate of drug-likeness (QED) is 0.565. The lowest BCUT2D eigenvalue weighted by Crippen LogP contribution is -2.25. The summed E-state index contributed by atoms with van der Waals surface area (Å²) < 4.78 is 37.4. The summed E-state index contributed by atoms with van der Waals surface area (Å²) in [6, 6.07) is 12.0. The molecule has 7 heteroatoms. The smallest absolute Gasteiger partial charge is 0.338 e. The van der Waals surface area contributed by atoms with E-state index in [2.05, 4.69) is 9.46 Å². The van der Waals surface area contributed by atoms with Gasteiger partial charge in [0.2, 0.25) is 10.0 Å². The van der Waals surface area contributed by atoms with Gasteiger partial charge in [0.05, 0.1) is 24.7 Å². The molecule has 0 unspecified atom stereocenters. The van der Waals surface area contributed by atoms with E-state index in [0.717, 1.165) is 11.3 Å². The zero-order valence-corrected chi connectivity index (χ0v) is 15.9. The van der Waals surface area contributed by atoms with Gasteiger partial charge in [-0.2, -0.15) is 0 Å². The number of sulfonamides is 1. The van der Waals surface area contributed by atoms with Crippen LogP contribution in [0.2, 0.25) is 0 Å². The number of para-hydroxylation sites is 1. The molecule has 1 N–H and O–H groups in total. The molecule has 6 nitrogen and oxygen atoms in total. The molecule has 0 atom stereocenters. The predicted molar refractivity (Wildman–Crippen MR) is 99.0 cm³/mol. The lowest BCUT2D eigenvalue weighted by atomic mass is 10.1. The molecule has 0 amide bonds. The number of ether oxygens (including phenoxy) is 2. The van der Waals surface area contributed by atoms with E-state index in [4.69, 9.17) is 4.74 Å². The highest BCUT2D eigenvalue weighted by Crippen LogP contribution is 2.19. The molecule has 140 valence electrons. The fourth-order valence-corrected chi connectivity index (χ4v) is 3.68. The molecule has 0 radical (unpaired) electrons. The zero-order chi connectivity index (χ0) is 19.2. The predicted octanol–water partition coefficient (Wildman–Crippen LogP) is 2.70.